The molecule has 0 bridgehead atoms. The highest BCUT2D eigenvalue weighted by Gasteiger charge is 2.27. The fourth-order valence-corrected chi connectivity index (χ4v) is 2.15. The van der Waals surface area contributed by atoms with Gasteiger partial charge in [0.1, 0.15) is 0 Å². The van der Waals surface area contributed by atoms with Gasteiger partial charge in [-0.25, -0.2) is 0 Å². The fourth-order valence-electron chi connectivity index (χ4n) is 2.15. The molecule has 0 radical (unpaired) electrons. The largest absolute Gasteiger partial charge is 0.352 e. The van der Waals surface area contributed by atoms with E-state index < -0.39 is 0 Å². The van der Waals surface area contributed by atoms with Crippen LogP contribution in [-0.2, 0) is 13.6 Å². The van der Waals surface area contributed by atoms with E-state index >= 15 is 0 Å². The van der Waals surface area contributed by atoms with Crippen LogP contribution >= 0.6 is 0 Å². The maximum atomic E-state index is 3.63. The van der Waals surface area contributed by atoms with Gasteiger partial charge in [0.05, 0.1) is 0 Å². The zero-order chi connectivity index (χ0) is 11.0. The van der Waals surface area contributed by atoms with Crippen LogP contribution in [0.5, 0.6) is 0 Å². The van der Waals surface area contributed by atoms with E-state index in [0.717, 1.165) is 12.5 Å². The number of hydrogen-bond acceptors (Lipinski definition) is 1. The van der Waals surface area contributed by atoms with Crippen molar-refractivity contribution in [2.75, 3.05) is 0 Å². The third-order valence-electron chi connectivity index (χ3n) is 3.82. The molecule has 0 aliphatic heterocycles. The molecule has 1 saturated carbocycles. The summed E-state index contributed by atoms with van der Waals surface area (Å²) in [4.78, 5) is 0. The summed E-state index contributed by atoms with van der Waals surface area (Å²) in [5, 5.41) is 3.63. The van der Waals surface area contributed by atoms with Crippen LogP contribution in [0.15, 0.2) is 6.07 Å². The lowest BCUT2D eigenvalue weighted by Crippen LogP contribution is -2.27. The van der Waals surface area contributed by atoms with Crippen LogP contribution < -0.4 is 5.32 Å². The van der Waals surface area contributed by atoms with Gasteiger partial charge in [-0.3, -0.25) is 0 Å². The molecular weight excluding hydrogens is 184 g/mol. The van der Waals surface area contributed by atoms with E-state index in [1.807, 2.05) is 0 Å². The van der Waals surface area contributed by atoms with Crippen LogP contribution in [0.4, 0.5) is 0 Å². The van der Waals surface area contributed by atoms with Crippen LogP contribution in [0.2, 0.25) is 0 Å². The van der Waals surface area contributed by atoms with Crippen LogP contribution in [-0.4, -0.2) is 10.6 Å². The summed E-state index contributed by atoms with van der Waals surface area (Å²) in [6, 6.07) is 2.98. The molecule has 1 aliphatic rings. The minimum Gasteiger partial charge on any atom is -0.352 e. The lowest BCUT2D eigenvalue weighted by molar-refractivity contribution is 0.495. The van der Waals surface area contributed by atoms with E-state index in [1.54, 1.807) is 0 Å². The molecule has 1 N–H and O–H groups in total. The highest BCUT2D eigenvalue weighted by atomic mass is 15.0. The summed E-state index contributed by atoms with van der Waals surface area (Å²) in [5.74, 6) is 0.940. The predicted octanol–water partition coefficient (Wildman–Crippen LogP) is 2.53. The van der Waals surface area contributed by atoms with Gasteiger partial charge >= 0.3 is 0 Å². The first-order chi connectivity index (χ1) is 7.09. The van der Waals surface area contributed by atoms with Crippen LogP contribution in [0, 0.1) is 19.8 Å². The zero-order valence-electron chi connectivity index (χ0n) is 10.3. The molecule has 0 spiro atoms. The summed E-state index contributed by atoms with van der Waals surface area (Å²) >= 11 is 0. The third kappa shape index (κ3) is 2.25. The van der Waals surface area contributed by atoms with Gasteiger partial charge in [-0.2, -0.15) is 0 Å². The minimum atomic E-state index is 0.685. The second-order valence-electron chi connectivity index (χ2n) is 4.96. The molecule has 1 fully saturated rings. The first-order valence-corrected chi connectivity index (χ1v) is 5.94. The van der Waals surface area contributed by atoms with Gasteiger partial charge in [0.25, 0.3) is 0 Å². The molecule has 2 rings (SSSR count). The van der Waals surface area contributed by atoms with Crippen molar-refractivity contribution in [2.24, 2.45) is 13.0 Å². The van der Waals surface area contributed by atoms with Crippen molar-refractivity contribution >= 4 is 0 Å². The van der Waals surface area contributed by atoms with Crippen molar-refractivity contribution in [3.63, 3.8) is 0 Å². The average Bonchev–Trinajstić information content (AvgIpc) is 3.01. The van der Waals surface area contributed by atoms with Gasteiger partial charge in [0.2, 0.25) is 0 Å². The predicted molar refractivity (Wildman–Crippen MR) is 63.9 cm³/mol. The van der Waals surface area contributed by atoms with Crippen LogP contribution in [0.1, 0.15) is 36.7 Å². The molecule has 1 unspecified atom stereocenters. The Morgan fingerprint density at radius 2 is 2.13 bits per heavy atom. The molecule has 1 aromatic rings. The van der Waals surface area contributed by atoms with E-state index in [2.05, 4.69) is 43.8 Å². The van der Waals surface area contributed by atoms with Gasteiger partial charge in [0.15, 0.2) is 0 Å². The third-order valence-corrected chi connectivity index (χ3v) is 3.82. The van der Waals surface area contributed by atoms with E-state index in [0.29, 0.717) is 6.04 Å². The average molecular weight is 206 g/mol. The molecular formula is C13H22N2. The van der Waals surface area contributed by atoms with Gasteiger partial charge in [-0.05, 0) is 51.2 Å². The Morgan fingerprint density at radius 3 is 2.60 bits per heavy atom. The molecule has 1 heterocycles. The summed E-state index contributed by atoms with van der Waals surface area (Å²) < 4.78 is 2.26. The molecule has 1 aromatic heterocycles. The maximum absolute atomic E-state index is 3.63. The smallest absolute Gasteiger partial charge is 0.0225 e. The second kappa shape index (κ2) is 4.01. The summed E-state index contributed by atoms with van der Waals surface area (Å²) in [7, 11) is 2.14. The first-order valence-electron chi connectivity index (χ1n) is 5.94. The highest BCUT2D eigenvalue weighted by Crippen LogP contribution is 2.32. The monoisotopic (exact) mass is 206 g/mol. The molecule has 2 heteroatoms. The Hall–Kier alpha value is -0.760. The number of nitrogens with zero attached hydrogens (tertiary/aromatic N) is 1. The zero-order valence-corrected chi connectivity index (χ0v) is 10.3. The molecule has 1 aliphatic carbocycles. The van der Waals surface area contributed by atoms with Crippen molar-refractivity contribution in [1.82, 2.24) is 9.88 Å². The molecule has 2 nitrogen and oxygen atoms in total. The van der Waals surface area contributed by atoms with E-state index in [4.69, 9.17) is 0 Å². The first kappa shape index (κ1) is 10.7. The highest BCUT2D eigenvalue weighted by molar-refractivity contribution is 5.26. The van der Waals surface area contributed by atoms with Crippen molar-refractivity contribution in [3.8, 4) is 0 Å². The number of aromatic nitrogens is 1. The Kier molecular flexibility index (Phi) is 2.87. The standard InChI is InChI=1S/C13H22N2/c1-9-7-13(11(3)15(9)4)8-14-10(2)12-5-6-12/h7,10,12,14H,5-6,8H2,1-4H3. The van der Waals surface area contributed by atoms with E-state index in [-0.39, 0.29) is 0 Å². The normalized spacial score (nSPS) is 18.1. The molecule has 0 amide bonds. The number of aryl methyl sites for hydroxylation is 1. The number of hydrogen-bond donors (Lipinski definition) is 1. The van der Waals surface area contributed by atoms with E-state index in [9.17, 15) is 0 Å². The quantitative estimate of drug-likeness (QED) is 0.801. The second-order valence-corrected chi connectivity index (χ2v) is 4.96. The SMILES string of the molecule is Cc1cc(CNC(C)C2CC2)c(C)n1C. The summed E-state index contributed by atoms with van der Waals surface area (Å²) in [5.41, 5.74) is 4.19. The van der Waals surface area contributed by atoms with Crippen LogP contribution in [0.3, 0.4) is 0 Å². The van der Waals surface area contributed by atoms with Gasteiger partial charge in [-0.1, -0.05) is 0 Å². The van der Waals surface area contributed by atoms with Gasteiger partial charge in [0, 0.05) is 31.0 Å². The Morgan fingerprint density at radius 1 is 1.47 bits per heavy atom. The van der Waals surface area contributed by atoms with Crippen molar-refractivity contribution in [2.45, 2.75) is 46.2 Å². The molecule has 0 aromatic carbocycles. The Labute approximate surface area is 92.7 Å². The lowest BCUT2D eigenvalue weighted by atomic mass is 10.2. The lowest BCUT2D eigenvalue weighted by Gasteiger charge is -2.12. The maximum Gasteiger partial charge on any atom is 0.0225 e. The van der Waals surface area contributed by atoms with Gasteiger partial charge in [-0.15, -0.1) is 0 Å². The Balaban J connectivity index is 1.95. The van der Waals surface area contributed by atoms with Crippen molar-refractivity contribution in [1.29, 1.82) is 0 Å². The van der Waals surface area contributed by atoms with Crippen molar-refractivity contribution in [3.05, 3.63) is 23.0 Å². The van der Waals surface area contributed by atoms with Crippen molar-refractivity contribution < 1.29 is 0 Å². The molecule has 15 heavy (non-hydrogen) atoms. The fraction of sp³-hybridized carbons (Fsp3) is 0.692. The Bertz CT molecular complexity index is 348. The minimum absolute atomic E-state index is 0.685. The van der Waals surface area contributed by atoms with Crippen LogP contribution in [0.25, 0.3) is 0 Å². The molecule has 1 atom stereocenters. The topological polar surface area (TPSA) is 17.0 Å². The van der Waals surface area contributed by atoms with Gasteiger partial charge < -0.3 is 9.88 Å². The molecule has 84 valence electrons. The summed E-state index contributed by atoms with van der Waals surface area (Å²) in [6.07, 6.45) is 2.84. The summed E-state index contributed by atoms with van der Waals surface area (Å²) in [6.45, 7) is 7.70. The van der Waals surface area contributed by atoms with E-state index in [1.165, 1.54) is 29.8 Å². The molecule has 0 saturated heterocycles. The number of nitrogens with one attached hydrogen (secondary N) is 1. The number of rotatable bonds is 4.